The molecule has 0 aromatic heterocycles. The van der Waals surface area contributed by atoms with E-state index >= 15 is 0 Å². The standard InChI is InChI=1S/C19H23F2N3O2S/c1-2-22-19(24-11-13-27(25)16-6-4-3-5-7-16)23-10-12-26-18-9-8-15(20)14-17(18)21/h3-9,14H,2,10-13H2,1H3,(H2,22,23,24). The summed E-state index contributed by atoms with van der Waals surface area (Å²) in [5, 5.41) is 6.13. The maximum Gasteiger partial charge on any atom is 0.191 e. The fourth-order valence-corrected chi connectivity index (χ4v) is 3.15. The number of hydrogen-bond acceptors (Lipinski definition) is 3. The molecule has 2 rings (SSSR count). The zero-order valence-electron chi connectivity index (χ0n) is 15.1. The van der Waals surface area contributed by atoms with Crippen LogP contribution < -0.4 is 15.4 Å². The minimum atomic E-state index is -1.10. The Morgan fingerprint density at radius 3 is 2.63 bits per heavy atom. The number of nitrogens with one attached hydrogen (secondary N) is 2. The molecule has 0 saturated carbocycles. The Labute approximate surface area is 160 Å². The van der Waals surface area contributed by atoms with Crippen LogP contribution in [-0.2, 0) is 10.8 Å². The number of ether oxygens (including phenoxy) is 1. The lowest BCUT2D eigenvalue weighted by Crippen LogP contribution is -2.39. The van der Waals surface area contributed by atoms with Gasteiger partial charge in [-0.15, -0.1) is 0 Å². The van der Waals surface area contributed by atoms with Crippen LogP contribution in [0.3, 0.4) is 0 Å². The highest BCUT2D eigenvalue weighted by Gasteiger charge is 2.05. The van der Waals surface area contributed by atoms with Crippen molar-refractivity contribution in [3.63, 3.8) is 0 Å². The van der Waals surface area contributed by atoms with Crippen molar-refractivity contribution in [3.8, 4) is 5.75 Å². The van der Waals surface area contributed by atoms with Gasteiger partial charge in [-0.2, -0.15) is 0 Å². The summed E-state index contributed by atoms with van der Waals surface area (Å²) in [5.74, 6) is -0.409. The lowest BCUT2D eigenvalue weighted by Gasteiger charge is -2.12. The number of guanidine groups is 1. The monoisotopic (exact) mass is 395 g/mol. The highest BCUT2D eigenvalue weighted by Crippen LogP contribution is 2.17. The second-order valence-corrected chi connectivity index (χ2v) is 7.04. The van der Waals surface area contributed by atoms with Gasteiger partial charge in [0.1, 0.15) is 12.4 Å². The Morgan fingerprint density at radius 2 is 1.93 bits per heavy atom. The van der Waals surface area contributed by atoms with Crippen molar-refractivity contribution in [2.24, 2.45) is 4.99 Å². The Bertz CT molecular complexity index is 773. The van der Waals surface area contributed by atoms with Crippen LogP contribution in [0.5, 0.6) is 5.75 Å². The molecule has 0 aliphatic rings. The smallest absolute Gasteiger partial charge is 0.191 e. The van der Waals surface area contributed by atoms with Crippen molar-refractivity contribution in [1.29, 1.82) is 0 Å². The van der Waals surface area contributed by atoms with Gasteiger partial charge in [0.15, 0.2) is 17.5 Å². The lowest BCUT2D eigenvalue weighted by atomic mass is 10.3. The first kappa shape index (κ1) is 20.8. The van der Waals surface area contributed by atoms with Gasteiger partial charge in [-0.05, 0) is 31.2 Å². The fourth-order valence-electron chi connectivity index (χ4n) is 2.19. The molecule has 0 bridgehead atoms. The molecule has 1 unspecified atom stereocenters. The molecule has 0 aliphatic carbocycles. The van der Waals surface area contributed by atoms with E-state index in [0.29, 0.717) is 31.3 Å². The lowest BCUT2D eigenvalue weighted by molar-refractivity contribution is 0.304. The van der Waals surface area contributed by atoms with E-state index in [9.17, 15) is 13.0 Å². The van der Waals surface area contributed by atoms with Crippen LogP contribution >= 0.6 is 0 Å². The molecule has 5 nitrogen and oxygen atoms in total. The van der Waals surface area contributed by atoms with Gasteiger partial charge in [-0.1, -0.05) is 18.2 Å². The molecule has 2 aromatic carbocycles. The van der Waals surface area contributed by atoms with E-state index in [-0.39, 0.29) is 12.4 Å². The number of benzene rings is 2. The topological polar surface area (TPSA) is 62.7 Å². The largest absolute Gasteiger partial charge is 0.489 e. The molecule has 0 radical (unpaired) electrons. The summed E-state index contributed by atoms with van der Waals surface area (Å²) in [4.78, 5) is 5.15. The second kappa shape index (κ2) is 11.3. The van der Waals surface area contributed by atoms with E-state index in [0.717, 1.165) is 17.0 Å². The van der Waals surface area contributed by atoms with Crippen molar-refractivity contribution in [3.05, 3.63) is 60.2 Å². The fraction of sp³-hybridized carbons (Fsp3) is 0.316. The number of hydrogen-bond donors (Lipinski definition) is 2. The number of aliphatic imine (C=N–C) groups is 1. The third-order valence-electron chi connectivity index (χ3n) is 3.44. The van der Waals surface area contributed by atoms with E-state index < -0.39 is 22.4 Å². The van der Waals surface area contributed by atoms with Crippen LogP contribution in [-0.4, -0.2) is 42.2 Å². The average Bonchev–Trinajstić information content (AvgIpc) is 2.67. The van der Waals surface area contributed by atoms with E-state index in [1.807, 2.05) is 37.3 Å². The predicted molar refractivity (Wildman–Crippen MR) is 104 cm³/mol. The molecule has 27 heavy (non-hydrogen) atoms. The van der Waals surface area contributed by atoms with Crippen LogP contribution in [0, 0.1) is 11.6 Å². The maximum absolute atomic E-state index is 13.5. The highest BCUT2D eigenvalue weighted by atomic mass is 32.2. The first-order valence-electron chi connectivity index (χ1n) is 8.63. The normalized spacial score (nSPS) is 12.5. The highest BCUT2D eigenvalue weighted by molar-refractivity contribution is 7.85. The van der Waals surface area contributed by atoms with Crippen molar-refractivity contribution >= 4 is 16.8 Å². The molecule has 0 aliphatic heterocycles. The summed E-state index contributed by atoms with van der Waals surface area (Å²) in [6, 6.07) is 12.4. The van der Waals surface area contributed by atoms with Gasteiger partial charge < -0.3 is 15.4 Å². The summed E-state index contributed by atoms with van der Waals surface area (Å²) in [6.45, 7) is 3.56. The van der Waals surface area contributed by atoms with Gasteiger partial charge >= 0.3 is 0 Å². The molecular weight excluding hydrogens is 372 g/mol. The van der Waals surface area contributed by atoms with E-state index in [2.05, 4.69) is 15.6 Å². The summed E-state index contributed by atoms with van der Waals surface area (Å²) >= 11 is 0. The quantitative estimate of drug-likeness (QED) is 0.389. The maximum atomic E-state index is 13.5. The van der Waals surface area contributed by atoms with Crippen molar-refractivity contribution in [2.45, 2.75) is 11.8 Å². The van der Waals surface area contributed by atoms with E-state index in [1.165, 1.54) is 6.07 Å². The number of nitrogens with zero attached hydrogens (tertiary/aromatic N) is 1. The van der Waals surface area contributed by atoms with Crippen LogP contribution in [0.1, 0.15) is 6.92 Å². The third kappa shape index (κ3) is 7.34. The minimum absolute atomic E-state index is 0.00148. The number of halogens is 2. The van der Waals surface area contributed by atoms with Crippen LogP contribution in [0.2, 0.25) is 0 Å². The van der Waals surface area contributed by atoms with Gasteiger partial charge in [-0.25, -0.2) is 8.78 Å². The molecule has 0 heterocycles. The summed E-state index contributed by atoms with van der Waals surface area (Å²) in [5.41, 5.74) is 0. The van der Waals surface area contributed by atoms with Crippen molar-refractivity contribution in [1.82, 2.24) is 10.6 Å². The van der Waals surface area contributed by atoms with Crippen LogP contribution in [0.25, 0.3) is 0 Å². The molecule has 0 spiro atoms. The molecular formula is C19H23F2N3O2S. The van der Waals surface area contributed by atoms with Gasteiger partial charge in [0.05, 0.1) is 23.9 Å². The Kier molecular flexibility index (Phi) is 8.70. The molecule has 146 valence electrons. The van der Waals surface area contributed by atoms with Gasteiger partial charge in [0, 0.05) is 23.3 Å². The summed E-state index contributed by atoms with van der Waals surface area (Å²) in [7, 11) is -1.10. The summed E-state index contributed by atoms with van der Waals surface area (Å²) < 4.78 is 43.8. The summed E-state index contributed by atoms with van der Waals surface area (Å²) in [6.07, 6.45) is 0. The Hall–Kier alpha value is -2.48. The van der Waals surface area contributed by atoms with Gasteiger partial charge in [-0.3, -0.25) is 9.20 Å². The predicted octanol–water partition coefficient (Wildman–Crippen LogP) is 2.71. The molecule has 2 aromatic rings. The van der Waals surface area contributed by atoms with Gasteiger partial charge in [0.25, 0.3) is 0 Å². The first-order chi connectivity index (χ1) is 13.1. The molecule has 0 fully saturated rings. The van der Waals surface area contributed by atoms with Crippen LogP contribution in [0.4, 0.5) is 8.78 Å². The van der Waals surface area contributed by atoms with Gasteiger partial charge in [0.2, 0.25) is 0 Å². The van der Waals surface area contributed by atoms with E-state index in [1.54, 1.807) is 0 Å². The first-order valence-corrected chi connectivity index (χ1v) is 9.95. The zero-order valence-corrected chi connectivity index (χ0v) is 15.9. The second-order valence-electron chi connectivity index (χ2n) is 5.47. The Morgan fingerprint density at radius 1 is 1.15 bits per heavy atom. The molecule has 8 heteroatoms. The molecule has 0 saturated heterocycles. The Balaban J connectivity index is 1.77. The average molecular weight is 395 g/mol. The third-order valence-corrected chi connectivity index (χ3v) is 4.79. The van der Waals surface area contributed by atoms with Crippen molar-refractivity contribution in [2.75, 3.05) is 32.0 Å². The molecule has 2 N–H and O–H groups in total. The minimum Gasteiger partial charge on any atom is -0.489 e. The van der Waals surface area contributed by atoms with Crippen molar-refractivity contribution < 1.29 is 17.7 Å². The molecule has 1 atom stereocenters. The number of rotatable bonds is 9. The SMILES string of the molecule is CCNC(=NCCS(=O)c1ccccc1)NCCOc1ccc(F)cc1F. The zero-order chi connectivity index (χ0) is 19.5. The van der Waals surface area contributed by atoms with Crippen LogP contribution in [0.15, 0.2) is 58.4 Å². The van der Waals surface area contributed by atoms with E-state index in [4.69, 9.17) is 4.74 Å². The molecule has 0 amide bonds.